The summed E-state index contributed by atoms with van der Waals surface area (Å²) in [6, 6.07) is 7.58. The van der Waals surface area contributed by atoms with Gasteiger partial charge in [0.05, 0.1) is 5.70 Å². The van der Waals surface area contributed by atoms with Crippen LogP contribution in [0.25, 0.3) is 5.70 Å². The van der Waals surface area contributed by atoms with E-state index in [-0.39, 0.29) is 5.84 Å². The molecule has 0 saturated carbocycles. The number of nitrogens with zero attached hydrogens (tertiary/aromatic N) is 2. The minimum Gasteiger partial charge on any atom is -0.443 e. The summed E-state index contributed by atoms with van der Waals surface area (Å²) in [5.41, 5.74) is -0.100. The maximum absolute atomic E-state index is 12.7. The van der Waals surface area contributed by atoms with Gasteiger partial charge in [0.15, 0.2) is 0 Å². The predicted octanol–water partition coefficient (Wildman–Crippen LogP) is 6.40. The van der Waals surface area contributed by atoms with Crippen molar-refractivity contribution in [3.05, 3.63) is 40.4 Å². The molecule has 0 fully saturated rings. The van der Waals surface area contributed by atoms with Crippen molar-refractivity contribution in [2.45, 2.75) is 66.6 Å². The molecule has 7 heteroatoms. The Morgan fingerprint density at radius 2 is 1.54 bits per heavy atom. The highest BCUT2D eigenvalue weighted by Gasteiger charge is 2.33. The van der Waals surface area contributed by atoms with Crippen molar-refractivity contribution in [2.75, 3.05) is 0 Å². The van der Waals surface area contributed by atoms with Crippen LogP contribution < -0.4 is 0 Å². The van der Waals surface area contributed by atoms with Crippen LogP contribution in [-0.4, -0.2) is 34.1 Å². The van der Waals surface area contributed by atoms with E-state index in [1.807, 2.05) is 31.2 Å². The molecular formula is C21H29BrN2O4. The topological polar surface area (TPSA) is 68.2 Å². The highest BCUT2D eigenvalue weighted by molar-refractivity contribution is 9.10. The Kier molecular flexibility index (Phi) is 7.99. The molecule has 0 atom stereocenters. The fourth-order valence-corrected chi connectivity index (χ4v) is 2.52. The van der Waals surface area contributed by atoms with Gasteiger partial charge in [-0.05, 0) is 67.5 Å². The summed E-state index contributed by atoms with van der Waals surface area (Å²) >= 11 is 3.43. The number of hydrogen-bond acceptors (Lipinski definition) is 5. The Bertz CT molecular complexity index is 758. The van der Waals surface area contributed by atoms with Crippen LogP contribution in [0.3, 0.4) is 0 Å². The zero-order valence-corrected chi connectivity index (χ0v) is 19.4. The zero-order valence-electron chi connectivity index (χ0n) is 17.8. The van der Waals surface area contributed by atoms with Crippen molar-refractivity contribution in [1.82, 2.24) is 4.90 Å². The van der Waals surface area contributed by atoms with Crippen LogP contribution >= 0.6 is 15.9 Å². The highest BCUT2D eigenvalue weighted by atomic mass is 79.9. The second kappa shape index (κ2) is 9.37. The first-order valence-electron chi connectivity index (χ1n) is 8.97. The summed E-state index contributed by atoms with van der Waals surface area (Å²) in [7, 11) is 0. The lowest BCUT2D eigenvalue weighted by Gasteiger charge is -2.28. The maximum Gasteiger partial charge on any atom is 0.425 e. The minimum absolute atomic E-state index is 0.150. The third-order valence-electron chi connectivity index (χ3n) is 3.15. The van der Waals surface area contributed by atoms with Gasteiger partial charge in [0, 0.05) is 10.0 Å². The van der Waals surface area contributed by atoms with E-state index in [1.165, 1.54) is 0 Å². The fourth-order valence-electron chi connectivity index (χ4n) is 2.12. The van der Waals surface area contributed by atoms with Crippen molar-refractivity contribution < 1.29 is 19.1 Å². The van der Waals surface area contributed by atoms with E-state index < -0.39 is 23.4 Å². The van der Waals surface area contributed by atoms with E-state index in [0.29, 0.717) is 5.70 Å². The van der Waals surface area contributed by atoms with E-state index in [1.54, 1.807) is 54.5 Å². The molecule has 0 bridgehead atoms. The molecule has 0 aliphatic carbocycles. The lowest BCUT2D eigenvalue weighted by atomic mass is 10.1. The molecule has 2 amide bonds. The molecule has 28 heavy (non-hydrogen) atoms. The van der Waals surface area contributed by atoms with Gasteiger partial charge in [-0.1, -0.05) is 34.1 Å². The molecule has 0 N–H and O–H groups in total. The van der Waals surface area contributed by atoms with Gasteiger partial charge >= 0.3 is 12.2 Å². The maximum atomic E-state index is 12.7. The van der Waals surface area contributed by atoms with Crippen molar-refractivity contribution in [3.63, 3.8) is 0 Å². The van der Waals surface area contributed by atoms with Gasteiger partial charge in [-0.15, -0.1) is 0 Å². The molecule has 0 aromatic heterocycles. The van der Waals surface area contributed by atoms with Crippen LogP contribution in [0.4, 0.5) is 9.59 Å². The molecule has 0 spiro atoms. The molecule has 0 saturated heterocycles. The summed E-state index contributed by atoms with van der Waals surface area (Å²) in [6.07, 6.45) is 0.119. The molecule has 0 unspecified atom stereocenters. The zero-order chi connectivity index (χ0) is 21.7. The molecule has 0 radical (unpaired) electrons. The van der Waals surface area contributed by atoms with Crippen LogP contribution in [0.15, 0.2) is 39.8 Å². The fraction of sp³-hybridized carbons (Fsp3) is 0.476. The number of amidine groups is 1. The average Bonchev–Trinajstić information content (AvgIpc) is 2.49. The number of allylic oxidation sites excluding steroid dienone is 1. The van der Waals surface area contributed by atoms with Crippen molar-refractivity contribution >= 4 is 39.6 Å². The SMILES string of the molecule is C/C=C(\N=C(C)N(C(=O)OC(C)(C)C)C(=O)OC(C)(C)C)c1cccc(Br)c1. The number of imide groups is 1. The van der Waals surface area contributed by atoms with E-state index in [4.69, 9.17) is 9.47 Å². The number of carbonyl (C=O) groups is 2. The Labute approximate surface area is 175 Å². The molecular weight excluding hydrogens is 424 g/mol. The number of rotatable bonds is 2. The quantitative estimate of drug-likeness (QED) is 0.384. The summed E-state index contributed by atoms with van der Waals surface area (Å²) < 4.78 is 11.6. The van der Waals surface area contributed by atoms with Crippen molar-refractivity contribution in [1.29, 1.82) is 0 Å². The van der Waals surface area contributed by atoms with Gasteiger partial charge in [-0.3, -0.25) is 0 Å². The van der Waals surface area contributed by atoms with E-state index >= 15 is 0 Å². The first-order valence-corrected chi connectivity index (χ1v) is 9.76. The Morgan fingerprint density at radius 1 is 1.04 bits per heavy atom. The predicted molar refractivity (Wildman–Crippen MR) is 115 cm³/mol. The van der Waals surface area contributed by atoms with Crippen LogP contribution in [0.1, 0.15) is 61.0 Å². The number of hydrogen-bond donors (Lipinski definition) is 0. The van der Waals surface area contributed by atoms with Crippen LogP contribution in [0.5, 0.6) is 0 Å². The first kappa shape index (κ1) is 23.9. The number of ether oxygens (including phenoxy) is 2. The van der Waals surface area contributed by atoms with Crippen LogP contribution in [-0.2, 0) is 9.47 Å². The summed E-state index contributed by atoms with van der Waals surface area (Å²) in [6.45, 7) is 13.8. The third kappa shape index (κ3) is 7.84. The van der Waals surface area contributed by atoms with Crippen molar-refractivity contribution in [3.8, 4) is 0 Å². The standard InChI is InChI=1S/C21H29BrN2O4/c1-9-17(15-11-10-12-16(22)13-15)23-14(2)24(18(25)27-20(3,4)5)19(26)28-21(6,7)8/h9-13H,1-8H3/b17-9-,23-14?. The molecule has 0 aliphatic heterocycles. The monoisotopic (exact) mass is 452 g/mol. The van der Waals surface area contributed by atoms with Crippen LogP contribution in [0.2, 0.25) is 0 Å². The van der Waals surface area contributed by atoms with E-state index in [2.05, 4.69) is 20.9 Å². The molecule has 0 heterocycles. The smallest absolute Gasteiger partial charge is 0.425 e. The van der Waals surface area contributed by atoms with Gasteiger partial charge in [0.25, 0.3) is 0 Å². The van der Waals surface area contributed by atoms with E-state index in [9.17, 15) is 9.59 Å². The molecule has 154 valence electrons. The normalized spacial score (nSPS) is 13.2. The highest BCUT2D eigenvalue weighted by Crippen LogP contribution is 2.22. The number of carbonyl (C=O) groups excluding carboxylic acids is 2. The Hall–Kier alpha value is -2.15. The van der Waals surface area contributed by atoms with E-state index in [0.717, 1.165) is 14.9 Å². The van der Waals surface area contributed by atoms with Gasteiger partial charge in [0.2, 0.25) is 0 Å². The van der Waals surface area contributed by atoms with Gasteiger partial charge in [0.1, 0.15) is 17.0 Å². The third-order valence-corrected chi connectivity index (χ3v) is 3.65. The summed E-state index contributed by atoms with van der Waals surface area (Å²) in [4.78, 5) is 30.7. The number of benzene rings is 1. The molecule has 1 aromatic rings. The number of amides is 2. The van der Waals surface area contributed by atoms with Gasteiger partial charge in [-0.25, -0.2) is 14.6 Å². The van der Waals surface area contributed by atoms with Crippen LogP contribution in [0, 0.1) is 0 Å². The second-order valence-corrected chi connectivity index (χ2v) is 9.06. The van der Waals surface area contributed by atoms with Gasteiger partial charge < -0.3 is 9.47 Å². The second-order valence-electron chi connectivity index (χ2n) is 8.14. The average molecular weight is 453 g/mol. The summed E-state index contributed by atoms with van der Waals surface area (Å²) in [5, 5.41) is 0. The van der Waals surface area contributed by atoms with Crippen molar-refractivity contribution in [2.24, 2.45) is 4.99 Å². The Balaban J connectivity index is 3.32. The lowest BCUT2D eigenvalue weighted by molar-refractivity contribution is 0.0147. The van der Waals surface area contributed by atoms with Gasteiger partial charge in [-0.2, -0.15) is 4.90 Å². The molecule has 1 aromatic carbocycles. The minimum atomic E-state index is -0.840. The number of aliphatic imine (C=N–C) groups is 1. The molecule has 6 nitrogen and oxygen atoms in total. The lowest BCUT2D eigenvalue weighted by Crippen LogP contribution is -2.46. The number of halogens is 1. The molecule has 0 aliphatic rings. The largest absolute Gasteiger partial charge is 0.443 e. The summed E-state index contributed by atoms with van der Waals surface area (Å²) in [5.74, 6) is 0.150. The molecule has 1 rings (SSSR count). The Morgan fingerprint density at radius 3 is 1.93 bits per heavy atom. The first-order chi connectivity index (χ1) is 12.7.